The van der Waals surface area contributed by atoms with Crippen LogP contribution >= 0.6 is 0 Å². The molecule has 2 rings (SSSR count). The molecule has 20 heavy (non-hydrogen) atoms. The number of nitrogens with one attached hydrogen (secondary N) is 1. The second kappa shape index (κ2) is 6.59. The summed E-state index contributed by atoms with van der Waals surface area (Å²) in [6, 6.07) is 6.01. The zero-order valence-corrected chi connectivity index (χ0v) is 11.7. The van der Waals surface area contributed by atoms with E-state index in [1.54, 1.807) is 12.1 Å². The molecule has 0 amide bonds. The summed E-state index contributed by atoms with van der Waals surface area (Å²) in [6.07, 6.45) is -0.698. The van der Waals surface area contributed by atoms with Crippen LogP contribution in [0.5, 0.6) is 0 Å². The second-order valence-electron chi connectivity index (χ2n) is 5.37. The molecule has 0 radical (unpaired) electrons. The van der Waals surface area contributed by atoms with E-state index in [0.29, 0.717) is 6.04 Å². The van der Waals surface area contributed by atoms with Gasteiger partial charge >= 0.3 is 6.18 Å². The van der Waals surface area contributed by atoms with E-state index in [-0.39, 0.29) is 0 Å². The average Bonchev–Trinajstić information content (AvgIpc) is 2.41. The third-order valence-electron chi connectivity index (χ3n) is 3.86. The molecule has 0 aliphatic carbocycles. The van der Waals surface area contributed by atoms with Crippen LogP contribution in [0.2, 0.25) is 0 Å². The highest BCUT2D eigenvalue weighted by molar-refractivity contribution is 5.24. The highest BCUT2D eigenvalue weighted by atomic mass is 19.4. The quantitative estimate of drug-likeness (QED) is 0.914. The molecule has 1 fully saturated rings. The molecule has 1 atom stereocenters. The summed E-state index contributed by atoms with van der Waals surface area (Å²) in [5.74, 6) is 0. The number of piperidine rings is 1. The fourth-order valence-corrected chi connectivity index (χ4v) is 2.77. The van der Waals surface area contributed by atoms with Crippen LogP contribution in [0.4, 0.5) is 13.2 Å². The second-order valence-corrected chi connectivity index (χ2v) is 5.37. The van der Waals surface area contributed by atoms with Gasteiger partial charge in [0.25, 0.3) is 0 Å². The predicted molar refractivity (Wildman–Crippen MR) is 73.4 cm³/mol. The molecule has 112 valence electrons. The molecule has 1 aromatic carbocycles. The molecule has 1 unspecified atom stereocenters. The number of nitrogens with zero attached hydrogens (tertiary/aromatic N) is 1. The summed E-state index contributed by atoms with van der Waals surface area (Å²) in [7, 11) is 1.94. The van der Waals surface area contributed by atoms with Gasteiger partial charge < -0.3 is 5.32 Å². The number of halogens is 3. The summed E-state index contributed by atoms with van der Waals surface area (Å²) < 4.78 is 37.6. The van der Waals surface area contributed by atoms with Crippen LogP contribution in [0, 0.1) is 0 Å². The molecule has 0 saturated carbocycles. The number of rotatable bonds is 4. The lowest BCUT2D eigenvalue weighted by Crippen LogP contribution is -2.44. The maximum atomic E-state index is 12.5. The molecule has 0 aromatic heterocycles. The SMILES string of the molecule is CNCC1CCCCN1Cc1ccc(C(F)(F)F)cc1. The van der Waals surface area contributed by atoms with Crippen molar-refractivity contribution >= 4 is 0 Å². The van der Waals surface area contributed by atoms with Gasteiger partial charge in [-0.15, -0.1) is 0 Å². The van der Waals surface area contributed by atoms with Crippen molar-refractivity contribution in [1.29, 1.82) is 0 Å². The van der Waals surface area contributed by atoms with Crippen LogP contribution in [0.1, 0.15) is 30.4 Å². The summed E-state index contributed by atoms with van der Waals surface area (Å²) in [5.41, 5.74) is 0.368. The maximum absolute atomic E-state index is 12.5. The lowest BCUT2D eigenvalue weighted by Gasteiger charge is -2.35. The standard InChI is InChI=1S/C15H21F3N2/c1-19-10-14-4-2-3-9-20(14)11-12-5-7-13(8-6-12)15(16,17)18/h5-8,14,19H,2-4,9-11H2,1H3. The van der Waals surface area contributed by atoms with Crippen molar-refractivity contribution in [2.24, 2.45) is 0 Å². The van der Waals surface area contributed by atoms with Gasteiger partial charge in [0.15, 0.2) is 0 Å². The number of hydrogen-bond donors (Lipinski definition) is 1. The largest absolute Gasteiger partial charge is 0.416 e. The average molecular weight is 286 g/mol. The minimum absolute atomic E-state index is 0.482. The van der Waals surface area contributed by atoms with Crippen LogP contribution in [0.15, 0.2) is 24.3 Å². The molecule has 2 nitrogen and oxygen atoms in total. The van der Waals surface area contributed by atoms with Crippen LogP contribution in [0.25, 0.3) is 0 Å². The van der Waals surface area contributed by atoms with Gasteiger partial charge in [-0.05, 0) is 44.1 Å². The Morgan fingerprint density at radius 1 is 1.20 bits per heavy atom. The zero-order valence-electron chi connectivity index (χ0n) is 11.7. The minimum Gasteiger partial charge on any atom is -0.318 e. The highest BCUT2D eigenvalue weighted by Crippen LogP contribution is 2.29. The van der Waals surface area contributed by atoms with Crippen LogP contribution in [-0.2, 0) is 12.7 Å². The Morgan fingerprint density at radius 3 is 2.50 bits per heavy atom. The van der Waals surface area contributed by atoms with Crippen molar-refractivity contribution in [3.63, 3.8) is 0 Å². The minimum atomic E-state index is -4.25. The van der Waals surface area contributed by atoms with Gasteiger partial charge in [-0.3, -0.25) is 4.90 Å². The molecule has 1 saturated heterocycles. The summed E-state index contributed by atoms with van der Waals surface area (Å²) in [5, 5.41) is 3.19. The molecule has 0 spiro atoms. The van der Waals surface area contributed by atoms with E-state index in [9.17, 15) is 13.2 Å². The summed E-state index contributed by atoms with van der Waals surface area (Å²) in [6.45, 7) is 2.68. The van der Waals surface area contributed by atoms with Gasteiger partial charge in [-0.1, -0.05) is 18.6 Å². The molecule has 5 heteroatoms. The van der Waals surface area contributed by atoms with Crippen molar-refractivity contribution in [1.82, 2.24) is 10.2 Å². The predicted octanol–water partition coefficient (Wildman–Crippen LogP) is 3.28. The van der Waals surface area contributed by atoms with Crippen molar-refractivity contribution in [3.05, 3.63) is 35.4 Å². The number of alkyl halides is 3. The lowest BCUT2D eigenvalue weighted by atomic mass is 10.0. The van der Waals surface area contributed by atoms with Crippen molar-refractivity contribution in [2.75, 3.05) is 20.1 Å². The van der Waals surface area contributed by atoms with Gasteiger partial charge in [0.2, 0.25) is 0 Å². The van der Waals surface area contributed by atoms with E-state index in [2.05, 4.69) is 10.2 Å². The van der Waals surface area contributed by atoms with Gasteiger partial charge in [-0.25, -0.2) is 0 Å². The Morgan fingerprint density at radius 2 is 1.90 bits per heavy atom. The van der Waals surface area contributed by atoms with Crippen LogP contribution in [0.3, 0.4) is 0 Å². The third-order valence-corrected chi connectivity index (χ3v) is 3.86. The monoisotopic (exact) mass is 286 g/mol. The summed E-state index contributed by atoms with van der Waals surface area (Å²) >= 11 is 0. The Hall–Kier alpha value is -1.07. The maximum Gasteiger partial charge on any atom is 0.416 e. The molecule has 0 bridgehead atoms. The van der Waals surface area contributed by atoms with E-state index >= 15 is 0 Å². The van der Waals surface area contributed by atoms with E-state index < -0.39 is 11.7 Å². The first-order valence-corrected chi connectivity index (χ1v) is 7.05. The number of benzene rings is 1. The first-order valence-electron chi connectivity index (χ1n) is 7.05. The van der Waals surface area contributed by atoms with Crippen LogP contribution in [-0.4, -0.2) is 31.1 Å². The fraction of sp³-hybridized carbons (Fsp3) is 0.600. The highest BCUT2D eigenvalue weighted by Gasteiger charge is 2.30. The Balaban J connectivity index is 2.01. The first kappa shape index (κ1) is 15.3. The van der Waals surface area contributed by atoms with Crippen molar-refractivity contribution in [3.8, 4) is 0 Å². The van der Waals surface area contributed by atoms with Crippen LogP contribution < -0.4 is 5.32 Å². The normalized spacial score (nSPS) is 21.1. The summed E-state index contributed by atoms with van der Waals surface area (Å²) in [4.78, 5) is 2.36. The topological polar surface area (TPSA) is 15.3 Å². The lowest BCUT2D eigenvalue weighted by molar-refractivity contribution is -0.137. The Kier molecular flexibility index (Phi) is 5.05. The molecule has 1 aliphatic rings. The number of hydrogen-bond acceptors (Lipinski definition) is 2. The number of likely N-dealkylation sites (tertiary alicyclic amines) is 1. The molecule has 1 heterocycles. The smallest absolute Gasteiger partial charge is 0.318 e. The number of likely N-dealkylation sites (N-methyl/N-ethyl adjacent to an activating group) is 1. The van der Waals surface area contributed by atoms with Gasteiger partial charge in [0.05, 0.1) is 5.56 Å². The molecular weight excluding hydrogens is 265 g/mol. The van der Waals surface area contributed by atoms with Crippen molar-refractivity contribution < 1.29 is 13.2 Å². The molecule has 1 aliphatic heterocycles. The fourth-order valence-electron chi connectivity index (χ4n) is 2.77. The van der Waals surface area contributed by atoms with Crippen molar-refractivity contribution in [2.45, 2.75) is 38.0 Å². The molecule has 1 N–H and O–H groups in total. The van der Waals surface area contributed by atoms with E-state index in [4.69, 9.17) is 0 Å². The van der Waals surface area contributed by atoms with Gasteiger partial charge in [0.1, 0.15) is 0 Å². The van der Waals surface area contributed by atoms with Gasteiger partial charge in [0, 0.05) is 19.1 Å². The third kappa shape index (κ3) is 3.96. The molecular formula is C15H21F3N2. The van der Waals surface area contributed by atoms with E-state index in [1.165, 1.54) is 25.0 Å². The zero-order chi connectivity index (χ0) is 14.6. The Bertz CT molecular complexity index is 412. The van der Waals surface area contributed by atoms with E-state index in [1.807, 2.05) is 7.05 Å². The Labute approximate surface area is 118 Å². The molecule has 1 aromatic rings. The van der Waals surface area contributed by atoms with Gasteiger partial charge in [-0.2, -0.15) is 13.2 Å². The van der Waals surface area contributed by atoms with E-state index in [0.717, 1.165) is 31.6 Å². The first-order chi connectivity index (χ1) is 9.50.